The highest BCUT2D eigenvalue weighted by Gasteiger charge is 2.63. The fourth-order valence-corrected chi connectivity index (χ4v) is 5.96. The number of allylic oxidation sites excluding steroid dienone is 2. The van der Waals surface area contributed by atoms with E-state index in [4.69, 9.17) is 9.84 Å². The van der Waals surface area contributed by atoms with Crippen LogP contribution in [-0.4, -0.2) is 62.8 Å². The van der Waals surface area contributed by atoms with E-state index in [9.17, 15) is 24.9 Å². The van der Waals surface area contributed by atoms with Crippen LogP contribution in [0.2, 0.25) is 0 Å². The first-order chi connectivity index (χ1) is 16.2. The molecule has 6 atom stereocenters. The molecule has 1 spiro atoms. The van der Waals surface area contributed by atoms with Crippen LogP contribution in [0.1, 0.15) is 84.0 Å². The molecule has 2 heterocycles. The third-order valence-electron chi connectivity index (χ3n) is 7.69. The highest BCUT2D eigenvalue weighted by molar-refractivity contribution is 5.83. The molecule has 2 aliphatic heterocycles. The van der Waals surface area contributed by atoms with Crippen molar-refractivity contribution in [3.63, 3.8) is 0 Å². The zero-order valence-electron chi connectivity index (χ0n) is 20.2. The lowest BCUT2D eigenvalue weighted by atomic mass is 9.59. The minimum Gasteiger partial charge on any atom is -0.481 e. The van der Waals surface area contributed by atoms with Gasteiger partial charge < -0.3 is 30.5 Å². The number of carboxylic acids is 1. The minimum absolute atomic E-state index is 0.00549. The topological polar surface area (TPSA) is 136 Å². The second-order valence-electron chi connectivity index (χ2n) is 10.1. The number of ether oxygens (including phenoxy) is 1. The minimum atomic E-state index is -1.42. The van der Waals surface area contributed by atoms with Crippen molar-refractivity contribution in [2.45, 2.75) is 108 Å². The van der Waals surface area contributed by atoms with E-state index in [2.05, 4.69) is 17.5 Å². The molecule has 1 aliphatic carbocycles. The number of hydrogen-bond acceptors (Lipinski definition) is 7. The fraction of sp³-hybridized carbons (Fsp3) is 0.769. The molecule has 34 heavy (non-hydrogen) atoms. The van der Waals surface area contributed by atoms with Gasteiger partial charge in [-0.2, -0.15) is 0 Å². The number of rotatable bonds is 14. The molecule has 0 radical (unpaired) electrons. The SMILES string of the molecule is CC/C=C\C[C@@H]1[C@H](CC(=O)[C@@H](O)CCCCCCCC(=O)O)O[C@]2(O)CC=C3NC[C@H](O)C31C2. The summed E-state index contributed by atoms with van der Waals surface area (Å²) >= 11 is 0. The van der Waals surface area contributed by atoms with Crippen LogP contribution in [0.5, 0.6) is 0 Å². The van der Waals surface area contributed by atoms with Crippen molar-refractivity contribution >= 4 is 11.8 Å². The molecule has 0 saturated carbocycles. The van der Waals surface area contributed by atoms with E-state index < -0.39 is 35.5 Å². The predicted molar refractivity (Wildman–Crippen MR) is 127 cm³/mol. The van der Waals surface area contributed by atoms with Crippen LogP contribution in [0, 0.1) is 11.3 Å². The van der Waals surface area contributed by atoms with Crippen molar-refractivity contribution in [3.05, 3.63) is 23.9 Å². The zero-order chi connectivity index (χ0) is 24.8. The summed E-state index contributed by atoms with van der Waals surface area (Å²) < 4.78 is 6.11. The molecule has 2 bridgehead atoms. The number of fused-ring (bicyclic) bond motifs is 1. The molecule has 3 aliphatic rings. The van der Waals surface area contributed by atoms with E-state index in [1.807, 2.05) is 13.0 Å². The van der Waals surface area contributed by atoms with Gasteiger partial charge in [0, 0.05) is 49.3 Å². The van der Waals surface area contributed by atoms with E-state index in [1.165, 1.54) is 0 Å². The Morgan fingerprint density at radius 3 is 2.71 bits per heavy atom. The Hall–Kier alpha value is -1.74. The Balaban J connectivity index is 1.61. The molecule has 2 saturated heterocycles. The quantitative estimate of drug-likeness (QED) is 0.190. The van der Waals surface area contributed by atoms with Gasteiger partial charge in [0.2, 0.25) is 0 Å². The standard InChI is InChI=1S/C26H41NO7/c1-2-3-7-10-18-21(15-20(29)19(28)11-8-5-4-6-9-12-24(31)32)34-25(33)14-13-22-26(18,17-25)23(30)16-27-22/h3,7,13,18-19,21,23,27-28,30,33H,2,4-6,8-12,14-17H2,1H3,(H,31,32)/b7-3-/t18-,19+,21+,23+,25-,26?/m1/s1. The summed E-state index contributed by atoms with van der Waals surface area (Å²) in [5.41, 5.74) is 0.249. The van der Waals surface area contributed by atoms with Crippen molar-refractivity contribution in [2.24, 2.45) is 11.3 Å². The highest BCUT2D eigenvalue weighted by atomic mass is 16.6. The maximum atomic E-state index is 12.9. The third-order valence-corrected chi connectivity index (χ3v) is 7.69. The van der Waals surface area contributed by atoms with E-state index in [0.717, 1.165) is 31.4 Å². The summed E-state index contributed by atoms with van der Waals surface area (Å²) in [5, 5.41) is 44.6. The molecule has 0 aromatic heterocycles. The largest absolute Gasteiger partial charge is 0.481 e. The number of aliphatic hydroxyl groups excluding tert-OH is 2. The molecule has 8 heteroatoms. The van der Waals surface area contributed by atoms with Gasteiger partial charge in [-0.15, -0.1) is 0 Å². The van der Waals surface area contributed by atoms with Crippen molar-refractivity contribution in [1.29, 1.82) is 0 Å². The van der Waals surface area contributed by atoms with E-state index in [0.29, 0.717) is 45.1 Å². The number of β-amino-alcohol motifs (C(OH)–C–C–N with tert-alkyl or cyclic N) is 1. The van der Waals surface area contributed by atoms with Gasteiger partial charge in [-0.1, -0.05) is 50.8 Å². The highest BCUT2D eigenvalue weighted by Crippen LogP contribution is 2.58. The normalized spacial score (nSPS) is 33.3. The molecular weight excluding hydrogens is 438 g/mol. The molecule has 2 fully saturated rings. The Labute approximate surface area is 202 Å². The fourth-order valence-electron chi connectivity index (χ4n) is 5.96. The smallest absolute Gasteiger partial charge is 0.303 e. The summed E-state index contributed by atoms with van der Waals surface area (Å²) in [6.07, 6.45) is 10.1. The van der Waals surface area contributed by atoms with Gasteiger partial charge in [0.1, 0.15) is 6.10 Å². The number of carbonyl (C=O) groups is 2. The lowest BCUT2D eigenvalue weighted by Gasteiger charge is -2.55. The van der Waals surface area contributed by atoms with Gasteiger partial charge in [-0.3, -0.25) is 9.59 Å². The number of aliphatic carboxylic acids is 1. The van der Waals surface area contributed by atoms with Crippen LogP contribution >= 0.6 is 0 Å². The molecule has 3 rings (SSSR count). The number of hydrogen-bond donors (Lipinski definition) is 5. The maximum absolute atomic E-state index is 12.9. The zero-order valence-corrected chi connectivity index (χ0v) is 20.2. The lowest BCUT2D eigenvalue weighted by molar-refractivity contribution is -0.304. The molecule has 1 unspecified atom stereocenters. The number of Topliss-reactive ketones (excluding diaryl/α,β-unsaturated/α-hetero) is 1. The van der Waals surface area contributed by atoms with Gasteiger partial charge >= 0.3 is 5.97 Å². The van der Waals surface area contributed by atoms with Crippen LogP contribution in [-0.2, 0) is 14.3 Å². The van der Waals surface area contributed by atoms with E-state index in [1.54, 1.807) is 0 Å². The van der Waals surface area contributed by atoms with Crippen LogP contribution in [0.4, 0.5) is 0 Å². The first-order valence-electron chi connectivity index (χ1n) is 12.8. The summed E-state index contributed by atoms with van der Waals surface area (Å²) in [7, 11) is 0. The van der Waals surface area contributed by atoms with Crippen LogP contribution in [0.3, 0.4) is 0 Å². The summed E-state index contributed by atoms with van der Waals surface area (Å²) in [6.45, 7) is 2.46. The number of unbranched alkanes of at least 4 members (excludes halogenated alkanes) is 4. The summed E-state index contributed by atoms with van der Waals surface area (Å²) in [4.78, 5) is 23.5. The summed E-state index contributed by atoms with van der Waals surface area (Å²) in [5.74, 6) is -2.71. The third kappa shape index (κ3) is 6.08. The molecule has 0 aromatic rings. The Morgan fingerprint density at radius 2 is 1.97 bits per heavy atom. The molecule has 8 nitrogen and oxygen atoms in total. The van der Waals surface area contributed by atoms with Crippen molar-refractivity contribution in [3.8, 4) is 0 Å². The van der Waals surface area contributed by atoms with Gasteiger partial charge in [0.05, 0.1) is 12.2 Å². The molecule has 192 valence electrons. The van der Waals surface area contributed by atoms with Crippen molar-refractivity contribution in [2.75, 3.05) is 6.54 Å². The second kappa shape index (κ2) is 11.8. The number of carboxylic acid groups (broad SMARTS) is 1. The van der Waals surface area contributed by atoms with Crippen LogP contribution in [0.25, 0.3) is 0 Å². The number of carbonyl (C=O) groups excluding carboxylic acids is 1. The van der Waals surface area contributed by atoms with Gasteiger partial charge in [-0.05, 0) is 25.7 Å². The molecule has 0 amide bonds. The summed E-state index contributed by atoms with van der Waals surface area (Å²) in [6, 6.07) is 0. The Bertz CT molecular complexity index is 781. The maximum Gasteiger partial charge on any atom is 0.303 e. The van der Waals surface area contributed by atoms with Crippen molar-refractivity contribution < 1.29 is 34.8 Å². The Kier molecular flexibility index (Phi) is 9.32. The first kappa shape index (κ1) is 26.9. The van der Waals surface area contributed by atoms with Crippen LogP contribution < -0.4 is 5.32 Å². The van der Waals surface area contributed by atoms with Gasteiger partial charge in [0.25, 0.3) is 0 Å². The number of aliphatic hydroxyl groups is 3. The molecule has 0 aromatic carbocycles. The number of nitrogens with one attached hydrogen (secondary N) is 1. The molecular formula is C26H41NO7. The Morgan fingerprint density at radius 1 is 1.24 bits per heavy atom. The molecule has 5 N–H and O–H groups in total. The van der Waals surface area contributed by atoms with E-state index >= 15 is 0 Å². The monoisotopic (exact) mass is 479 g/mol. The van der Waals surface area contributed by atoms with Crippen LogP contribution in [0.15, 0.2) is 23.9 Å². The van der Waals surface area contributed by atoms with Crippen molar-refractivity contribution in [1.82, 2.24) is 5.32 Å². The number of ketones is 1. The predicted octanol–water partition coefficient (Wildman–Crippen LogP) is 2.81. The first-order valence-corrected chi connectivity index (χ1v) is 12.8. The average Bonchev–Trinajstić information content (AvgIpc) is 3.09. The average molecular weight is 480 g/mol. The second-order valence-corrected chi connectivity index (χ2v) is 10.1. The van der Waals surface area contributed by atoms with Gasteiger partial charge in [0.15, 0.2) is 11.6 Å². The lowest BCUT2D eigenvalue weighted by Crippen LogP contribution is -2.60. The van der Waals surface area contributed by atoms with E-state index in [-0.39, 0.29) is 24.5 Å². The van der Waals surface area contributed by atoms with Gasteiger partial charge in [-0.25, -0.2) is 0 Å².